The van der Waals surface area contributed by atoms with Crippen LogP contribution in [0.4, 0.5) is 5.69 Å². The molecule has 1 aromatic rings. The number of fused-ring (bicyclic) bond motifs is 1. The summed E-state index contributed by atoms with van der Waals surface area (Å²) in [6.45, 7) is 7.39. The number of carbonyl (C=O) groups excluding carboxylic acids is 2. The van der Waals surface area contributed by atoms with Crippen molar-refractivity contribution in [1.29, 1.82) is 0 Å². The van der Waals surface area contributed by atoms with Crippen LogP contribution >= 0.6 is 23.2 Å². The second-order valence-corrected chi connectivity index (χ2v) is 6.88. The van der Waals surface area contributed by atoms with Gasteiger partial charge >= 0.3 is 0 Å². The normalized spacial score (nSPS) is 14.8. The maximum Gasteiger partial charge on any atom is 0.299 e. The van der Waals surface area contributed by atoms with Gasteiger partial charge in [0.15, 0.2) is 0 Å². The Bertz CT molecular complexity index is 594. The highest BCUT2D eigenvalue weighted by molar-refractivity contribution is 6.56. The van der Waals surface area contributed by atoms with Crippen molar-refractivity contribution in [2.45, 2.75) is 32.7 Å². The van der Waals surface area contributed by atoms with Crippen LogP contribution in [-0.4, -0.2) is 30.3 Å². The summed E-state index contributed by atoms with van der Waals surface area (Å²) in [6.07, 6.45) is 0.721. The van der Waals surface area contributed by atoms with Crippen LogP contribution in [0.1, 0.15) is 37.6 Å². The van der Waals surface area contributed by atoms with Crippen LogP contribution in [0.3, 0.4) is 0 Å². The van der Waals surface area contributed by atoms with Gasteiger partial charge < -0.3 is 10.2 Å². The predicted molar refractivity (Wildman–Crippen MR) is 85.5 cm³/mol. The maximum atomic E-state index is 12.1. The number of hydrogen-bond acceptors (Lipinski definition) is 3. The van der Waals surface area contributed by atoms with Crippen LogP contribution in [0.5, 0.6) is 0 Å². The molecule has 0 unspecified atom stereocenters. The number of nitrogens with one attached hydrogen (secondary N) is 1. The minimum atomic E-state index is -0.582. The summed E-state index contributed by atoms with van der Waals surface area (Å²) < 4.78 is 0. The zero-order valence-electron chi connectivity index (χ0n) is 12.3. The monoisotopic (exact) mass is 328 g/mol. The Kier molecular flexibility index (Phi) is 4.61. The first kappa shape index (κ1) is 16.3. The van der Waals surface area contributed by atoms with E-state index in [2.05, 4.69) is 26.1 Å². The van der Waals surface area contributed by atoms with Gasteiger partial charge in [0, 0.05) is 12.1 Å². The fraction of sp³-hybridized carbons (Fsp3) is 0.467. The molecule has 0 atom stereocenters. The summed E-state index contributed by atoms with van der Waals surface area (Å²) >= 11 is 12.1. The third-order valence-corrected chi connectivity index (χ3v) is 3.85. The van der Waals surface area contributed by atoms with Crippen molar-refractivity contribution in [3.8, 4) is 0 Å². The fourth-order valence-electron chi connectivity index (χ4n) is 2.27. The molecular formula is C15H18Cl2N2O2. The molecule has 0 radical (unpaired) electrons. The van der Waals surface area contributed by atoms with Crippen LogP contribution in [0, 0.1) is 0 Å². The van der Waals surface area contributed by atoms with Crippen molar-refractivity contribution in [3.63, 3.8) is 0 Å². The van der Waals surface area contributed by atoms with Crippen LogP contribution in [0.25, 0.3) is 0 Å². The van der Waals surface area contributed by atoms with Crippen LogP contribution in [0.15, 0.2) is 12.1 Å². The van der Waals surface area contributed by atoms with E-state index in [0.29, 0.717) is 17.3 Å². The predicted octanol–water partition coefficient (Wildman–Crippen LogP) is 3.30. The lowest BCUT2D eigenvalue weighted by atomic mass is 10.1. The van der Waals surface area contributed by atoms with Crippen LogP contribution in [0.2, 0.25) is 10.0 Å². The summed E-state index contributed by atoms with van der Waals surface area (Å²) in [5.41, 5.74) is 0.678. The highest BCUT2D eigenvalue weighted by atomic mass is 35.5. The first-order chi connectivity index (χ1) is 9.72. The van der Waals surface area contributed by atoms with E-state index < -0.39 is 11.7 Å². The smallest absolute Gasteiger partial charge is 0.299 e. The molecule has 0 aromatic heterocycles. The van der Waals surface area contributed by atoms with Gasteiger partial charge in [-0.3, -0.25) is 9.59 Å². The van der Waals surface area contributed by atoms with Crippen molar-refractivity contribution < 1.29 is 9.59 Å². The molecule has 1 heterocycles. The summed E-state index contributed by atoms with van der Waals surface area (Å²) in [7, 11) is 0. The Morgan fingerprint density at radius 1 is 1.14 bits per heavy atom. The van der Waals surface area contributed by atoms with Gasteiger partial charge in [0.2, 0.25) is 0 Å². The summed E-state index contributed by atoms with van der Waals surface area (Å²) in [5, 5.41) is 3.98. The first-order valence-corrected chi connectivity index (χ1v) is 7.57. The van der Waals surface area contributed by atoms with E-state index in [4.69, 9.17) is 23.2 Å². The summed E-state index contributed by atoms with van der Waals surface area (Å²) in [6, 6.07) is 3.15. The Labute approximate surface area is 134 Å². The van der Waals surface area contributed by atoms with Gasteiger partial charge in [-0.15, -0.1) is 0 Å². The number of halogens is 2. The number of nitrogens with zero attached hydrogens (tertiary/aromatic N) is 1. The summed E-state index contributed by atoms with van der Waals surface area (Å²) in [4.78, 5) is 25.5. The second kappa shape index (κ2) is 5.95. The molecule has 2 rings (SSSR count). The molecule has 1 aromatic carbocycles. The van der Waals surface area contributed by atoms with E-state index in [1.165, 1.54) is 4.90 Å². The van der Waals surface area contributed by atoms with E-state index in [0.717, 1.165) is 13.0 Å². The number of anilines is 1. The Morgan fingerprint density at radius 2 is 1.76 bits per heavy atom. The molecule has 0 fully saturated rings. The molecule has 0 aliphatic carbocycles. The molecule has 21 heavy (non-hydrogen) atoms. The number of benzene rings is 1. The maximum absolute atomic E-state index is 12.1. The van der Waals surface area contributed by atoms with Crippen molar-refractivity contribution in [3.05, 3.63) is 27.7 Å². The lowest BCUT2D eigenvalue weighted by Crippen LogP contribution is -2.38. The van der Waals surface area contributed by atoms with Crippen molar-refractivity contribution in [2.24, 2.45) is 0 Å². The molecule has 0 bridgehead atoms. The molecule has 6 heteroatoms. The SMILES string of the molecule is CC(C)(C)NCCCN1C(=O)C(=O)c2c(Cl)ccc(Cl)c21. The van der Waals surface area contributed by atoms with Crippen molar-refractivity contribution >= 4 is 40.6 Å². The number of hydrogen-bond donors (Lipinski definition) is 1. The molecular weight excluding hydrogens is 311 g/mol. The lowest BCUT2D eigenvalue weighted by Gasteiger charge is -2.22. The Morgan fingerprint density at radius 3 is 2.38 bits per heavy atom. The van der Waals surface area contributed by atoms with Crippen LogP contribution in [-0.2, 0) is 4.79 Å². The van der Waals surface area contributed by atoms with E-state index in [-0.39, 0.29) is 16.1 Å². The highest BCUT2D eigenvalue weighted by Crippen LogP contribution is 2.39. The lowest BCUT2D eigenvalue weighted by molar-refractivity contribution is -0.114. The standard InChI is InChI=1S/C15H18Cl2N2O2/c1-15(2,3)18-7-4-8-19-12-10(17)6-5-9(16)11(12)13(20)14(19)21/h5-6,18H,4,7-8H2,1-3H3. The largest absolute Gasteiger partial charge is 0.312 e. The zero-order valence-corrected chi connectivity index (χ0v) is 13.8. The van der Waals surface area contributed by atoms with Gasteiger partial charge in [0.05, 0.1) is 21.3 Å². The Balaban J connectivity index is 2.14. The van der Waals surface area contributed by atoms with E-state index in [1.807, 2.05) is 0 Å². The zero-order chi connectivity index (χ0) is 15.8. The Hall–Kier alpha value is -1.10. The first-order valence-electron chi connectivity index (χ1n) is 6.81. The molecule has 0 saturated carbocycles. The third kappa shape index (κ3) is 3.39. The quantitative estimate of drug-likeness (QED) is 0.681. The topological polar surface area (TPSA) is 49.4 Å². The van der Waals surface area contributed by atoms with E-state index >= 15 is 0 Å². The minimum Gasteiger partial charge on any atom is -0.312 e. The van der Waals surface area contributed by atoms with Gasteiger partial charge in [-0.1, -0.05) is 23.2 Å². The van der Waals surface area contributed by atoms with Gasteiger partial charge in [-0.05, 0) is 45.9 Å². The molecule has 1 aliphatic rings. The second-order valence-electron chi connectivity index (χ2n) is 6.07. The molecule has 0 saturated heterocycles. The minimum absolute atomic E-state index is 0.0176. The molecule has 4 nitrogen and oxygen atoms in total. The fourth-order valence-corrected chi connectivity index (χ4v) is 2.76. The van der Waals surface area contributed by atoms with Gasteiger partial charge in [0.1, 0.15) is 0 Å². The van der Waals surface area contributed by atoms with Crippen molar-refractivity contribution in [1.82, 2.24) is 5.32 Å². The average molecular weight is 329 g/mol. The third-order valence-electron chi connectivity index (χ3n) is 3.23. The van der Waals surface area contributed by atoms with Gasteiger partial charge in [-0.2, -0.15) is 0 Å². The molecule has 1 amide bonds. The molecule has 1 N–H and O–H groups in total. The molecule has 114 valence electrons. The van der Waals surface area contributed by atoms with Gasteiger partial charge in [0.25, 0.3) is 11.7 Å². The average Bonchev–Trinajstić information content (AvgIpc) is 2.63. The number of carbonyl (C=O) groups is 2. The number of rotatable bonds is 4. The van der Waals surface area contributed by atoms with E-state index in [9.17, 15) is 9.59 Å². The van der Waals surface area contributed by atoms with E-state index in [1.54, 1.807) is 12.1 Å². The highest BCUT2D eigenvalue weighted by Gasteiger charge is 2.38. The van der Waals surface area contributed by atoms with Crippen LogP contribution < -0.4 is 10.2 Å². The molecule has 0 spiro atoms. The van der Waals surface area contributed by atoms with Gasteiger partial charge in [-0.25, -0.2) is 0 Å². The number of ketones is 1. The number of Topliss-reactive ketones (excluding diaryl/α,β-unsaturated/α-hetero) is 1. The van der Waals surface area contributed by atoms with Crippen molar-refractivity contribution in [2.75, 3.05) is 18.0 Å². The summed E-state index contributed by atoms with van der Waals surface area (Å²) in [5.74, 6) is -1.14. The molecule has 1 aliphatic heterocycles. The number of amides is 1.